The van der Waals surface area contributed by atoms with Gasteiger partial charge in [0.25, 0.3) is 0 Å². The number of carbonyl (C=O) groups excluding carboxylic acids is 2. The molecule has 2 bridgehead atoms. The highest BCUT2D eigenvalue weighted by Crippen LogP contribution is 2.39. The molecule has 5 heteroatoms. The normalized spacial score (nSPS) is 30.9. The summed E-state index contributed by atoms with van der Waals surface area (Å²) in [4.78, 5) is 27.0. The van der Waals surface area contributed by atoms with Gasteiger partial charge in [-0.1, -0.05) is 30.3 Å². The van der Waals surface area contributed by atoms with E-state index < -0.39 is 0 Å². The van der Waals surface area contributed by atoms with Crippen LogP contribution in [0.2, 0.25) is 0 Å². The molecule has 0 aliphatic carbocycles. The Kier molecular flexibility index (Phi) is 5.07. The van der Waals surface area contributed by atoms with E-state index in [1.807, 2.05) is 36.4 Å². The van der Waals surface area contributed by atoms with E-state index in [9.17, 15) is 9.59 Å². The Morgan fingerprint density at radius 1 is 1.23 bits per heavy atom. The van der Waals surface area contributed by atoms with E-state index in [2.05, 4.69) is 15.5 Å². The van der Waals surface area contributed by atoms with Crippen LogP contribution in [0.1, 0.15) is 31.2 Å². The third kappa shape index (κ3) is 3.54. The van der Waals surface area contributed by atoms with Crippen LogP contribution in [0, 0.1) is 11.8 Å². The van der Waals surface area contributed by atoms with Crippen LogP contribution in [0.3, 0.4) is 0 Å². The maximum absolute atomic E-state index is 12.6. The van der Waals surface area contributed by atoms with E-state index in [1.165, 1.54) is 6.42 Å². The summed E-state index contributed by atoms with van der Waals surface area (Å²) in [6.07, 6.45) is 7.33. The van der Waals surface area contributed by atoms with Gasteiger partial charge in [-0.05, 0) is 49.3 Å². The second-order valence-corrected chi connectivity index (χ2v) is 7.73. The molecule has 0 unspecified atom stereocenters. The number of fused-ring (bicyclic) bond motifs is 4. The largest absolute Gasteiger partial charge is 0.350 e. The molecule has 138 valence electrons. The lowest BCUT2D eigenvalue weighted by Gasteiger charge is -2.54. The highest BCUT2D eigenvalue weighted by Gasteiger charge is 2.47. The Morgan fingerprint density at radius 2 is 2.04 bits per heavy atom. The number of amides is 2. The maximum atomic E-state index is 12.6. The van der Waals surface area contributed by atoms with Gasteiger partial charge in [-0.2, -0.15) is 0 Å². The van der Waals surface area contributed by atoms with Crippen LogP contribution in [0.4, 0.5) is 0 Å². The summed E-state index contributed by atoms with van der Waals surface area (Å²) in [7, 11) is 0. The Hall–Kier alpha value is -2.14. The van der Waals surface area contributed by atoms with Crippen LogP contribution >= 0.6 is 0 Å². The topological polar surface area (TPSA) is 61.4 Å². The zero-order chi connectivity index (χ0) is 17.9. The third-order valence-electron chi connectivity index (χ3n) is 6.11. The number of nitrogens with one attached hydrogen (secondary N) is 2. The molecule has 5 nitrogen and oxygen atoms in total. The van der Waals surface area contributed by atoms with Crippen LogP contribution in [0.25, 0.3) is 6.08 Å². The van der Waals surface area contributed by atoms with Gasteiger partial charge >= 0.3 is 0 Å². The predicted octanol–water partition coefficient (Wildman–Crippen LogP) is 1.80. The van der Waals surface area contributed by atoms with Gasteiger partial charge in [0.2, 0.25) is 11.8 Å². The molecule has 4 rings (SSSR count). The molecule has 4 atom stereocenters. The van der Waals surface area contributed by atoms with Crippen LogP contribution in [-0.4, -0.2) is 48.4 Å². The number of hydrogen-bond donors (Lipinski definition) is 2. The molecule has 26 heavy (non-hydrogen) atoms. The lowest BCUT2D eigenvalue weighted by Crippen LogP contribution is -2.66. The molecule has 1 aromatic rings. The molecule has 3 aliphatic heterocycles. The van der Waals surface area contributed by atoms with Crippen molar-refractivity contribution in [2.24, 2.45) is 11.8 Å². The highest BCUT2D eigenvalue weighted by molar-refractivity contribution is 5.91. The Morgan fingerprint density at radius 3 is 2.88 bits per heavy atom. The first-order valence-corrected chi connectivity index (χ1v) is 9.75. The molecular weight excluding hydrogens is 326 g/mol. The van der Waals surface area contributed by atoms with Gasteiger partial charge in [0.15, 0.2) is 0 Å². The minimum Gasteiger partial charge on any atom is -0.350 e. The standard InChI is InChI=1S/C21H27N3O2/c25-20(10-9-15-5-2-1-3-6-15)23-14-19-17-11-16(12-22-13-17)18-7-4-8-21(26)24(18)19/h1-3,5-6,9-10,16-19,22H,4,7-8,11-14H2,(H,23,25)/b10-9+/t16-,17+,18+,19+/m1/s1. The van der Waals surface area contributed by atoms with Crippen LogP contribution in [-0.2, 0) is 9.59 Å². The van der Waals surface area contributed by atoms with Crippen LogP contribution in [0.15, 0.2) is 36.4 Å². The molecule has 2 amide bonds. The molecule has 1 aromatic carbocycles. The fourth-order valence-electron chi connectivity index (χ4n) is 4.90. The summed E-state index contributed by atoms with van der Waals surface area (Å²) in [6.45, 7) is 2.50. The molecule has 0 saturated carbocycles. The highest BCUT2D eigenvalue weighted by atomic mass is 16.2. The fraction of sp³-hybridized carbons (Fsp3) is 0.524. The van der Waals surface area contributed by atoms with Gasteiger partial charge in [0.1, 0.15) is 0 Å². The Balaban J connectivity index is 1.41. The smallest absolute Gasteiger partial charge is 0.244 e. The van der Waals surface area contributed by atoms with Gasteiger partial charge in [-0.3, -0.25) is 9.59 Å². The first-order chi connectivity index (χ1) is 12.7. The zero-order valence-electron chi connectivity index (χ0n) is 15.1. The van der Waals surface area contributed by atoms with Crippen molar-refractivity contribution in [1.29, 1.82) is 0 Å². The van der Waals surface area contributed by atoms with Crippen molar-refractivity contribution in [3.63, 3.8) is 0 Å². The molecule has 0 spiro atoms. The summed E-state index contributed by atoms with van der Waals surface area (Å²) >= 11 is 0. The lowest BCUT2D eigenvalue weighted by atomic mass is 9.72. The van der Waals surface area contributed by atoms with Crippen molar-refractivity contribution >= 4 is 17.9 Å². The summed E-state index contributed by atoms with van der Waals surface area (Å²) in [6, 6.07) is 10.3. The van der Waals surface area contributed by atoms with E-state index in [-0.39, 0.29) is 17.9 Å². The summed E-state index contributed by atoms with van der Waals surface area (Å²) in [5.74, 6) is 1.19. The number of rotatable bonds is 4. The van der Waals surface area contributed by atoms with Gasteiger partial charge in [-0.25, -0.2) is 0 Å². The van der Waals surface area contributed by atoms with Crippen molar-refractivity contribution in [3.05, 3.63) is 42.0 Å². The fourth-order valence-corrected chi connectivity index (χ4v) is 4.90. The average molecular weight is 353 g/mol. The van der Waals surface area contributed by atoms with Crippen LogP contribution < -0.4 is 10.6 Å². The van der Waals surface area contributed by atoms with E-state index in [0.29, 0.717) is 30.8 Å². The number of carbonyl (C=O) groups is 2. The number of nitrogens with zero attached hydrogens (tertiary/aromatic N) is 1. The van der Waals surface area contributed by atoms with E-state index >= 15 is 0 Å². The molecule has 3 aliphatic rings. The van der Waals surface area contributed by atoms with Crippen molar-refractivity contribution in [3.8, 4) is 0 Å². The molecule has 3 heterocycles. The zero-order valence-corrected chi connectivity index (χ0v) is 15.1. The Labute approximate surface area is 154 Å². The molecular formula is C21H27N3O2. The minimum absolute atomic E-state index is 0.0965. The molecule has 3 saturated heterocycles. The quantitative estimate of drug-likeness (QED) is 0.812. The first kappa shape index (κ1) is 17.3. The van der Waals surface area contributed by atoms with Gasteiger partial charge in [0, 0.05) is 31.6 Å². The molecule has 0 aromatic heterocycles. The van der Waals surface area contributed by atoms with Gasteiger partial charge in [0.05, 0.1) is 6.04 Å². The van der Waals surface area contributed by atoms with Crippen LogP contribution in [0.5, 0.6) is 0 Å². The van der Waals surface area contributed by atoms with Crippen molar-refractivity contribution in [2.75, 3.05) is 19.6 Å². The SMILES string of the molecule is O=C(/C=C/c1ccccc1)NC[C@H]1[C@@H]2CNC[C@@H](C2)[C@@H]2CCCC(=O)N21. The number of benzene rings is 1. The monoisotopic (exact) mass is 353 g/mol. The van der Waals surface area contributed by atoms with Crippen molar-refractivity contribution in [2.45, 2.75) is 37.8 Å². The van der Waals surface area contributed by atoms with E-state index in [4.69, 9.17) is 0 Å². The van der Waals surface area contributed by atoms with Gasteiger partial charge < -0.3 is 15.5 Å². The van der Waals surface area contributed by atoms with Crippen molar-refractivity contribution < 1.29 is 9.59 Å². The summed E-state index contributed by atoms with van der Waals surface area (Å²) in [5, 5.41) is 6.57. The first-order valence-electron chi connectivity index (χ1n) is 9.75. The molecule has 0 radical (unpaired) electrons. The van der Waals surface area contributed by atoms with E-state index in [1.54, 1.807) is 6.08 Å². The second-order valence-electron chi connectivity index (χ2n) is 7.73. The predicted molar refractivity (Wildman–Crippen MR) is 101 cm³/mol. The lowest BCUT2D eigenvalue weighted by molar-refractivity contribution is -0.149. The van der Waals surface area contributed by atoms with E-state index in [0.717, 1.165) is 31.5 Å². The summed E-state index contributed by atoms with van der Waals surface area (Å²) < 4.78 is 0. The summed E-state index contributed by atoms with van der Waals surface area (Å²) in [5.41, 5.74) is 1.01. The van der Waals surface area contributed by atoms with Crippen molar-refractivity contribution in [1.82, 2.24) is 15.5 Å². The number of hydrogen-bond acceptors (Lipinski definition) is 3. The third-order valence-corrected chi connectivity index (χ3v) is 6.11. The molecule has 3 fully saturated rings. The molecule has 2 N–H and O–H groups in total. The second kappa shape index (κ2) is 7.62. The minimum atomic E-state index is -0.0965. The average Bonchev–Trinajstić information content (AvgIpc) is 2.68. The number of piperidine rings is 3. The Bertz CT molecular complexity index is 688. The maximum Gasteiger partial charge on any atom is 0.244 e. The van der Waals surface area contributed by atoms with Gasteiger partial charge in [-0.15, -0.1) is 0 Å².